The first-order chi connectivity index (χ1) is 14.4. The molecule has 4 N–H and O–H groups in total. The van der Waals surface area contributed by atoms with Crippen LogP contribution in [-0.2, 0) is 9.59 Å². The number of quaternary nitrogens is 2. The van der Waals surface area contributed by atoms with E-state index >= 15 is 0 Å². The van der Waals surface area contributed by atoms with Gasteiger partial charge >= 0.3 is 11.8 Å². The third-order valence-corrected chi connectivity index (χ3v) is 5.83. The molecular formula is C23H31FN4O2+2. The molecule has 2 aromatic carbocycles. The topological polar surface area (TPSA) is 67.1 Å². The molecule has 0 unspecified atom stereocenters. The van der Waals surface area contributed by atoms with Crippen molar-refractivity contribution in [1.82, 2.24) is 10.6 Å². The van der Waals surface area contributed by atoms with Crippen LogP contribution in [0.1, 0.15) is 30.1 Å². The van der Waals surface area contributed by atoms with E-state index in [0.717, 1.165) is 37.3 Å². The normalized spacial score (nSPS) is 20.8. The van der Waals surface area contributed by atoms with Crippen molar-refractivity contribution >= 4 is 11.8 Å². The zero-order valence-electron chi connectivity index (χ0n) is 17.6. The molecule has 2 amide bonds. The van der Waals surface area contributed by atoms with Gasteiger partial charge in [0.25, 0.3) is 0 Å². The molecule has 0 saturated carbocycles. The predicted molar refractivity (Wildman–Crippen MR) is 112 cm³/mol. The average Bonchev–Trinajstić information content (AvgIpc) is 2.76. The van der Waals surface area contributed by atoms with E-state index in [2.05, 4.69) is 17.7 Å². The maximum absolute atomic E-state index is 13.4. The zero-order valence-corrected chi connectivity index (χ0v) is 17.6. The molecule has 0 spiro atoms. The number of piperazine rings is 1. The Balaban J connectivity index is 1.62. The van der Waals surface area contributed by atoms with E-state index in [4.69, 9.17) is 0 Å². The summed E-state index contributed by atoms with van der Waals surface area (Å²) in [4.78, 5) is 27.6. The van der Waals surface area contributed by atoms with Gasteiger partial charge in [0, 0.05) is 5.56 Å². The molecule has 1 aliphatic heterocycles. The number of halogens is 1. The highest BCUT2D eigenvalue weighted by molar-refractivity contribution is 6.35. The summed E-state index contributed by atoms with van der Waals surface area (Å²) in [5.74, 6) is -1.58. The van der Waals surface area contributed by atoms with E-state index in [0.29, 0.717) is 6.54 Å². The summed E-state index contributed by atoms with van der Waals surface area (Å²) in [7, 11) is 2.17. The number of carbonyl (C=O) groups excluding carboxylic acids is 2. The molecule has 0 bridgehead atoms. The van der Waals surface area contributed by atoms with Crippen LogP contribution in [0.5, 0.6) is 0 Å². The van der Waals surface area contributed by atoms with Gasteiger partial charge < -0.3 is 20.4 Å². The molecule has 1 heterocycles. The van der Waals surface area contributed by atoms with Gasteiger partial charge in [-0.15, -0.1) is 0 Å². The van der Waals surface area contributed by atoms with Crippen LogP contribution in [0, 0.1) is 5.82 Å². The standard InChI is InChI=1S/C23H29FN4O2/c1-17(18-6-4-3-5-7-18)26-23(30)22(29)25-16-21(19-8-10-20(24)11-9-19)28-14-12-27(2)13-15-28/h3-11,17,21H,12-16H2,1-2H3,(H,25,29)(H,26,30)/p+2/t17-,21+/m1/s1. The highest BCUT2D eigenvalue weighted by atomic mass is 19.1. The molecule has 1 aliphatic rings. The van der Waals surface area contributed by atoms with Crippen molar-refractivity contribution in [2.75, 3.05) is 39.8 Å². The van der Waals surface area contributed by atoms with Crippen molar-refractivity contribution < 1.29 is 23.8 Å². The Hall–Kier alpha value is -2.77. The smallest absolute Gasteiger partial charge is 0.309 e. The highest BCUT2D eigenvalue weighted by Gasteiger charge is 2.30. The summed E-state index contributed by atoms with van der Waals surface area (Å²) >= 11 is 0. The van der Waals surface area contributed by atoms with E-state index in [1.807, 2.05) is 37.3 Å². The van der Waals surface area contributed by atoms with Crippen LogP contribution < -0.4 is 20.4 Å². The molecule has 30 heavy (non-hydrogen) atoms. The molecule has 1 fully saturated rings. The van der Waals surface area contributed by atoms with Crippen molar-refractivity contribution in [2.24, 2.45) is 0 Å². The van der Waals surface area contributed by atoms with Crippen molar-refractivity contribution in [3.63, 3.8) is 0 Å². The van der Waals surface area contributed by atoms with Crippen LogP contribution in [-0.4, -0.2) is 51.6 Å². The maximum Gasteiger partial charge on any atom is 0.309 e. The number of hydrogen-bond acceptors (Lipinski definition) is 2. The molecule has 0 radical (unpaired) electrons. The van der Waals surface area contributed by atoms with E-state index in [1.54, 1.807) is 12.1 Å². The summed E-state index contributed by atoms with van der Waals surface area (Å²) < 4.78 is 13.4. The first-order valence-electron chi connectivity index (χ1n) is 10.5. The van der Waals surface area contributed by atoms with Gasteiger partial charge in [-0.05, 0) is 24.6 Å². The Morgan fingerprint density at radius 3 is 2.20 bits per heavy atom. The second-order valence-electron chi connectivity index (χ2n) is 8.04. The predicted octanol–water partition coefficient (Wildman–Crippen LogP) is -0.726. The van der Waals surface area contributed by atoms with Gasteiger partial charge in [-0.2, -0.15) is 0 Å². The third kappa shape index (κ3) is 5.87. The first-order valence-corrected chi connectivity index (χ1v) is 10.5. The lowest BCUT2D eigenvalue weighted by Gasteiger charge is -2.33. The molecule has 6 nitrogen and oxygen atoms in total. The van der Waals surface area contributed by atoms with Gasteiger partial charge in [0.2, 0.25) is 0 Å². The Morgan fingerprint density at radius 1 is 0.933 bits per heavy atom. The van der Waals surface area contributed by atoms with Crippen molar-refractivity contribution in [3.05, 3.63) is 71.5 Å². The van der Waals surface area contributed by atoms with Gasteiger partial charge in [-0.3, -0.25) is 9.59 Å². The van der Waals surface area contributed by atoms with Gasteiger partial charge in [-0.1, -0.05) is 42.5 Å². The first kappa shape index (κ1) is 21.9. The lowest BCUT2D eigenvalue weighted by Crippen LogP contribution is -3.27. The fourth-order valence-electron chi connectivity index (χ4n) is 3.90. The quantitative estimate of drug-likeness (QED) is 0.471. The summed E-state index contributed by atoms with van der Waals surface area (Å²) in [6.07, 6.45) is 0. The molecule has 7 heteroatoms. The number of nitrogens with one attached hydrogen (secondary N) is 4. The molecule has 0 aromatic heterocycles. The Bertz CT molecular complexity index is 836. The Kier molecular flexibility index (Phi) is 7.54. The van der Waals surface area contributed by atoms with E-state index < -0.39 is 11.8 Å². The minimum absolute atomic E-state index is 0.0259. The fraction of sp³-hybridized carbons (Fsp3) is 0.391. The number of likely N-dealkylation sites (N-methyl/N-ethyl adjacent to an activating group) is 1. The number of amides is 2. The summed E-state index contributed by atoms with van der Waals surface area (Å²) in [6.45, 7) is 6.17. The lowest BCUT2D eigenvalue weighted by atomic mass is 10.0. The molecular weight excluding hydrogens is 383 g/mol. The highest BCUT2D eigenvalue weighted by Crippen LogP contribution is 2.12. The third-order valence-electron chi connectivity index (χ3n) is 5.83. The molecule has 0 aliphatic carbocycles. The van der Waals surface area contributed by atoms with Gasteiger partial charge in [0.1, 0.15) is 38.0 Å². The van der Waals surface area contributed by atoms with E-state index in [-0.39, 0.29) is 17.9 Å². The lowest BCUT2D eigenvalue weighted by molar-refractivity contribution is -1.02. The minimum Gasteiger partial charge on any atom is -0.341 e. The zero-order chi connectivity index (χ0) is 21.5. The number of rotatable bonds is 6. The van der Waals surface area contributed by atoms with Crippen LogP contribution in [0.4, 0.5) is 4.39 Å². The largest absolute Gasteiger partial charge is 0.341 e. The second kappa shape index (κ2) is 10.3. The average molecular weight is 415 g/mol. The van der Waals surface area contributed by atoms with Gasteiger partial charge in [0.05, 0.1) is 19.6 Å². The van der Waals surface area contributed by atoms with Gasteiger partial charge in [0.15, 0.2) is 0 Å². The van der Waals surface area contributed by atoms with Crippen molar-refractivity contribution in [2.45, 2.75) is 19.0 Å². The van der Waals surface area contributed by atoms with Crippen LogP contribution in [0.25, 0.3) is 0 Å². The van der Waals surface area contributed by atoms with E-state index in [9.17, 15) is 14.0 Å². The van der Waals surface area contributed by atoms with Crippen molar-refractivity contribution in [1.29, 1.82) is 0 Å². The summed E-state index contributed by atoms with van der Waals surface area (Å²) in [5.41, 5.74) is 1.90. The Morgan fingerprint density at radius 2 is 1.57 bits per heavy atom. The molecule has 1 saturated heterocycles. The minimum atomic E-state index is -0.651. The van der Waals surface area contributed by atoms with E-state index in [1.165, 1.54) is 21.9 Å². The molecule has 3 rings (SSSR count). The monoisotopic (exact) mass is 414 g/mol. The molecule has 160 valence electrons. The molecule has 2 atom stereocenters. The summed E-state index contributed by atoms with van der Waals surface area (Å²) in [5, 5.41) is 5.53. The SMILES string of the molecule is C[C@@H](NC(=O)C(=O)NC[C@@H](c1ccc(F)cc1)[NH+]1CC[NH+](C)CC1)c1ccccc1. The Labute approximate surface area is 177 Å². The maximum atomic E-state index is 13.4. The number of benzene rings is 2. The van der Waals surface area contributed by atoms with Crippen LogP contribution in [0.15, 0.2) is 54.6 Å². The second-order valence-corrected chi connectivity index (χ2v) is 8.04. The van der Waals surface area contributed by atoms with Crippen LogP contribution in [0.2, 0.25) is 0 Å². The molecule has 2 aromatic rings. The van der Waals surface area contributed by atoms with Crippen LogP contribution >= 0.6 is 0 Å². The number of carbonyl (C=O) groups is 2. The van der Waals surface area contributed by atoms with Crippen LogP contribution in [0.3, 0.4) is 0 Å². The summed E-state index contributed by atoms with van der Waals surface area (Å²) in [6, 6.07) is 15.6. The van der Waals surface area contributed by atoms with Crippen molar-refractivity contribution in [3.8, 4) is 0 Å². The number of hydrogen-bond donors (Lipinski definition) is 4. The van der Waals surface area contributed by atoms with Gasteiger partial charge in [-0.25, -0.2) is 4.39 Å². The fourth-order valence-corrected chi connectivity index (χ4v) is 3.90.